The van der Waals surface area contributed by atoms with E-state index < -0.39 is 20.0 Å². The third-order valence-corrected chi connectivity index (χ3v) is 4.51. The number of rotatable bonds is 6. The molecular weight excluding hydrogens is 282 g/mol. The Hall–Kier alpha value is -1.17. The van der Waals surface area contributed by atoms with Gasteiger partial charge in [0.25, 0.3) is 10.0 Å². The first-order valence-corrected chi connectivity index (χ1v) is 8.10. The van der Waals surface area contributed by atoms with E-state index in [-0.39, 0.29) is 29.6 Å². The number of imidazole rings is 1. The van der Waals surface area contributed by atoms with Gasteiger partial charge in [0.05, 0.1) is 12.1 Å². The number of nitrogens with zero attached hydrogens (tertiary/aromatic N) is 2. The largest absolute Gasteiger partial charge is 0.381 e. The molecule has 1 rings (SSSR count). The van der Waals surface area contributed by atoms with Gasteiger partial charge in [0.1, 0.15) is 0 Å². The molecule has 0 amide bonds. The van der Waals surface area contributed by atoms with Crippen molar-refractivity contribution in [3.05, 3.63) is 6.33 Å². The number of hydrogen-bond donors (Lipinski definition) is 3. The summed E-state index contributed by atoms with van der Waals surface area (Å²) in [6.45, 7) is -0.0522. The quantitative estimate of drug-likeness (QED) is 0.515. The second-order valence-corrected chi connectivity index (χ2v) is 7.08. The Morgan fingerprint density at radius 2 is 2.00 bits per heavy atom. The molecule has 5 N–H and O–H groups in total. The number of nitrogens with one attached hydrogen (secondary N) is 1. The summed E-state index contributed by atoms with van der Waals surface area (Å²) in [5.74, 6) is -0.410. The van der Waals surface area contributed by atoms with E-state index in [2.05, 4.69) is 9.71 Å². The molecule has 0 saturated heterocycles. The maximum Gasteiger partial charge on any atom is 0.260 e. The van der Waals surface area contributed by atoms with Crippen molar-refractivity contribution in [2.24, 2.45) is 12.2 Å². The summed E-state index contributed by atoms with van der Waals surface area (Å²) in [6, 6.07) is 0. The van der Waals surface area contributed by atoms with Crippen molar-refractivity contribution in [1.29, 1.82) is 0 Å². The predicted molar refractivity (Wildman–Crippen MR) is 65.4 cm³/mol. The van der Waals surface area contributed by atoms with Gasteiger partial charge in [0, 0.05) is 13.6 Å². The van der Waals surface area contributed by atoms with Crippen molar-refractivity contribution in [3.8, 4) is 0 Å². The fourth-order valence-corrected chi connectivity index (χ4v) is 3.16. The third-order valence-electron chi connectivity index (χ3n) is 2.06. The van der Waals surface area contributed by atoms with Crippen molar-refractivity contribution in [2.45, 2.75) is 11.4 Å². The van der Waals surface area contributed by atoms with Gasteiger partial charge in [-0.25, -0.2) is 31.7 Å². The Bertz CT molecular complexity index is 599. The molecule has 11 heteroatoms. The number of primary sulfonamides is 1. The summed E-state index contributed by atoms with van der Waals surface area (Å²) in [7, 11) is -5.91. The minimum atomic E-state index is -3.81. The lowest BCUT2D eigenvalue weighted by molar-refractivity contribution is 0.568. The molecule has 1 aromatic heterocycles. The molecule has 0 atom stereocenters. The molecule has 0 radical (unpaired) electrons. The average Bonchev–Trinajstić information content (AvgIpc) is 2.52. The summed E-state index contributed by atoms with van der Waals surface area (Å²) in [5.41, 5.74) is 5.43. The molecular formula is C7H15N5O4S2. The van der Waals surface area contributed by atoms with Crippen molar-refractivity contribution < 1.29 is 16.8 Å². The molecule has 0 unspecified atom stereocenters. The molecule has 1 heterocycles. The normalized spacial score (nSPS) is 12.8. The highest BCUT2D eigenvalue weighted by molar-refractivity contribution is 7.89. The molecule has 0 aliphatic heterocycles. The fraction of sp³-hybridized carbons (Fsp3) is 0.571. The minimum Gasteiger partial charge on any atom is -0.381 e. The third kappa shape index (κ3) is 3.94. The average molecular weight is 297 g/mol. The van der Waals surface area contributed by atoms with E-state index >= 15 is 0 Å². The Labute approximate surface area is 105 Å². The van der Waals surface area contributed by atoms with Gasteiger partial charge in [-0.05, 0) is 6.42 Å². The lowest BCUT2D eigenvalue weighted by atomic mass is 10.5. The molecule has 1 aromatic rings. The van der Waals surface area contributed by atoms with Crippen LogP contribution in [0.2, 0.25) is 0 Å². The van der Waals surface area contributed by atoms with Gasteiger partial charge in [-0.2, -0.15) is 0 Å². The molecule has 0 aromatic carbocycles. The van der Waals surface area contributed by atoms with Crippen molar-refractivity contribution in [3.63, 3.8) is 0 Å². The van der Waals surface area contributed by atoms with Crippen LogP contribution in [0, 0.1) is 0 Å². The molecule has 0 spiro atoms. The van der Waals surface area contributed by atoms with Gasteiger partial charge in [-0.3, -0.25) is 0 Å². The van der Waals surface area contributed by atoms with E-state index in [9.17, 15) is 16.8 Å². The van der Waals surface area contributed by atoms with Crippen LogP contribution < -0.4 is 15.6 Å². The number of sulfonamides is 2. The van der Waals surface area contributed by atoms with E-state index in [1.807, 2.05) is 0 Å². The summed E-state index contributed by atoms with van der Waals surface area (Å²) < 4.78 is 48.5. The monoisotopic (exact) mass is 297 g/mol. The zero-order chi connectivity index (χ0) is 14.0. The summed E-state index contributed by atoms with van der Waals surface area (Å²) >= 11 is 0. The first-order valence-electron chi connectivity index (χ1n) is 4.90. The van der Waals surface area contributed by atoms with Crippen LogP contribution in [0.15, 0.2) is 11.4 Å². The maximum absolute atomic E-state index is 11.8. The molecule has 0 fully saturated rings. The second kappa shape index (κ2) is 5.22. The summed E-state index contributed by atoms with van der Waals surface area (Å²) in [6.07, 6.45) is 1.35. The number of anilines is 1. The molecule has 0 saturated carbocycles. The first kappa shape index (κ1) is 14.9. The molecule has 104 valence electrons. The van der Waals surface area contributed by atoms with Gasteiger partial charge in [-0.1, -0.05) is 0 Å². The van der Waals surface area contributed by atoms with E-state index in [1.54, 1.807) is 0 Å². The number of aromatic nitrogens is 2. The zero-order valence-electron chi connectivity index (χ0n) is 9.70. The smallest absolute Gasteiger partial charge is 0.260 e. The summed E-state index contributed by atoms with van der Waals surface area (Å²) in [5, 5.41) is 4.63. The number of hydrogen-bond acceptors (Lipinski definition) is 6. The van der Waals surface area contributed by atoms with Gasteiger partial charge in [0.2, 0.25) is 10.0 Å². The van der Waals surface area contributed by atoms with Crippen LogP contribution in [0.4, 0.5) is 5.82 Å². The highest BCUT2D eigenvalue weighted by Gasteiger charge is 2.21. The molecule has 9 nitrogen and oxygen atoms in total. The van der Waals surface area contributed by atoms with Crippen LogP contribution in [-0.2, 0) is 27.1 Å². The minimum absolute atomic E-state index is 0.0522. The van der Waals surface area contributed by atoms with Crippen LogP contribution in [-0.4, -0.2) is 38.7 Å². The topological polar surface area (TPSA) is 150 Å². The first-order chi connectivity index (χ1) is 8.13. The van der Waals surface area contributed by atoms with Crippen LogP contribution in [0.5, 0.6) is 0 Å². The molecule has 0 aliphatic carbocycles. The van der Waals surface area contributed by atoms with Crippen LogP contribution in [0.3, 0.4) is 0 Å². The predicted octanol–water partition coefficient (Wildman–Crippen LogP) is -2.04. The highest BCUT2D eigenvalue weighted by atomic mass is 32.2. The number of aryl methyl sites for hydroxylation is 1. The lowest BCUT2D eigenvalue weighted by Gasteiger charge is -2.07. The molecule has 18 heavy (non-hydrogen) atoms. The van der Waals surface area contributed by atoms with E-state index in [0.29, 0.717) is 0 Å². The fourth-order valence-electron chi connectivity index (χ4n) is 1.31. The van der Waals surface area contributed by atoms with Crippen LogP contribution in [0.25, 0.3) is 0 Å². The van der Waals surface area contributed by atoms with Crippen molar-refractivity contribution in [1.82, 2.24) is 14.3 Å². The van der Waals surface area contributed by atoms with E-state index in [4.69, 9.17) is 10.9 Å². The van der Waals surface area contributed by atoms with E-state index in [0.717, 1.165) is 0 Å². The standard InChI is InChI=1S/C7H15N5O4S2/c1-12-5-10-6(8)7(12)18(15,16)11-3-2-4-17(9,13)14/h5,11H,2-4,8H2,1H3,(H2,9,13,14). The SMILES string of the molecule is Cn1cnc(N)c1S(=O)(=O)NCCCS(N)(=O)=O. The van der Waals surface area contributed by atoms with Crippen LogP contribution in [0.1, 0.15) is 6.42 Å². The van der Waals surface area contributed by atoms with Gasteiger partial charge >= 0.3 is 0 Å². The maximum atomic E-state index is 11.8. The molecule has 0 bridgehead atoms. The van der Waals surface area contributed by atoms with Crippen molar-refractivity contribution >= 4 is 25.9 Å². The molecule has 0 aliphatic rings. The lowest BCUT2D eigenvalue weighted by Crippen LogP contribution is -2.29. The highest BCUT2D eigenvalue weighted by Crippen LogP contribution is 2.14. The van der Waals surface area contributed by atoms with Crippen molar-refractivity contribution in [2.75, 3.05) is 18.0 Å². The number of nitrogens with two attached hydrogens (primary N) is 2. The zero-order valence-corrected chi connectivity index (χ0v) is 11.3. The Morgan fingerprint density at radius 3 is 2.44 bits per heavy atom. The number of nitrogen functional groups attached to an aromatic ring is 1. The Morgan fingerprint density at radius 1 is 1.39 bits per heavy atom. The van der Waals surface area contributed by atoms with Gasteiger partial charge < -0.3 is 10.3 Å². The van der Waals surface area contributed by atoms with Gasteiger partial charge in [-0.15, -0.1) is 0 Å². The Balaban J connectivity index is 2.67. The Kier molecular flexibility index (Phi) is 4.32. The van der Waals surface area contributed by atoms with Gasteiger partial charge in [0.15, 0.2) is 10.8 Å². The van der Waals surface area contributed by atoms with E-state index in [1.165, 1.54) is 17.9 Å². The summed E-state index contributed by atoms with van der Waals surface area (Å²) in [4.78, 5) is 3.66. The second-order valence-electron chi connectivity index (χ2n) is 3.66. The van der Waals surface area contributed by atoms with Crippen LogP contribution >= 0.6 is 0 Å².